The van der Waals surface area contributed by atoms with E-state index in [1.165, 1.54) is 24.6 Å². The maximum atomic E-state index is 11.4. The van der Waals surface area contributed by atoms with Gasteiger partial charge in [-0.3, -0.25) is 10.1 Å². The number of nitro groups is 1. The molecule has 6 nitrogen and oxygen atoms in total. The van der Waals surface area contributed by atoms with Crippen LogP contribution in [0.2, 0.25) is 0 Å². The van der Waals surface area contributed by atoms with Crippen molar-refractivity contribution in [2.45, 2.75) is 51.0 Å². The summed E-state index contributed by atoms with van der Waals surface area (Å²) < 4.78 is 6.41. The number of hydrogen-bond donors (Lipinski definition) is 1. The van der Waals surface area contributed by atoms with Crippen LogP contribution < -0.4 is 4.74 Å². The van der Waals surface area contributed by atoms with Crippen LogP contribution in [0.1, 0.15) is 55.8 Å². The van der Waals surface area contributed by atoms with E-state index in [4.69, 9.17) is 4.74 Å². The van der Waals surface area contributed by atoms with Gasteiger partial charge in [-0.15, -0.1) is 0 Å². The molecule has 0 heterocycles. The minimum Gasteiger partial charge on any atom is -0.480 e. The van der Waals surface area contributed by atoms with E-state index in [0.717, 1.165) is 43.9 Å². The highest BCUT2D eigenvalue weighted by molar-refractivity contribution is 5.88. The third kappa shape index (κ3) is 2.50. The Bertz CT molecular complexity index is 701. The molecule has 25 heavy (non-hydrogen) atoms. The number of nitro benzene ring substituents is 1. The normalized spacial score (nSPS) is 35.6. The van der Waals surface area contributed by atoms with Gasteiger partial charge in [0, 0.05) is 12.1 Å². The van der Waals surface area contributed by atoms with Crippen LogP contribution in [0.4, 0.5) is 5.69 Å². The molecule has 134 valence electrons. The predicted molar refractivity (Wildman–Crippen MR) is 90.8 cm³/mol. The van der Waals surface area contributed by atoms with Crippen LogP contribution in [0.25, 0.3) is 0 Å². The Balaban J connectivity index is 1.74. The van der Waals surface area contributed by atoms with E-state index in [0.29, 0.717) is 11.8 Å². The maximum absolute atomic E-state index is 11.4. The van der Waals surface area contributed by atoms with Gasteiger partial charge in [-0.2, -0.15) is 0 Å². The summed E-state index contributed by atoms with van der Waals surface area (Å²) in [4.78, 5) is 22.2. The molecule has 6 heteroatoms. The van der Waals surface area contributed by atoms with E-state index >= 15 is 0 Å². The molecule has 0 amide bonds. The number of nitrogens with zero attached hydrogens (tertiary/aromatic N) is 1. The SMILES string of the molecule is CCC1(Oc2cc(C(=O)O)ccc2[N+](=O)[O-])C2CC3CC(C2)CC1C3. The molecular formula is C19H23NO5. The van der Waals surface area contributed by atoms with Crippen molar-refractivity contribution < 1.29 is 19.6 Å². The molecular weight excluding hydrogens is 322 g/mol. The molecule has 4 saturated carbocycles. The zero-order chi connectivity index (χ0) is 17.8. The summed E-state index contributed by atoms with van der Waals surface area (Å²) in [7, 11) is 0. The highest BCUT2D eigenvalue weighted by Crippen LogP contribution is 2.60. The molecule has 1 N–H and O–H groups in total. The van der Waals surface area contributed by atoms with Crippen molar-refractivity contribution in [2.24, 2.45) is 23.7 Å². The van der Waals surface area contributed by atoms with Gasteiger partial charge in [-0.05, 0) is 68.3 Å². The Morgan fingerprint density at radius 3 is 2.32 bits per heavy atom. The van der Waals surface area contributed by atoms with Crippen molar-refractivity contribution in [2.75, 3.05) is 0 Å². The minimum absolute atomic E-state index is 0.0238. The number of carboxylic acids is 1. The van der Waals surface area contributed by atoms with Crippen LogP contribution in [-0.4, -0.2) is 21.6 Å². The number of rotatable bonds is 5. The van der Waals surface area contributed by atoms with Crippen LogP contribution in [0.15, 0.2) is 18.2 Å². The number of carbonyl (C=O) groups is 1. The molecule has 4 bridgehead atoms. The molecule has 0 aliphatic heterocycles. The van der Waals surface area contributed by atoms with Gasteiger partial charge in [0.2, 0.25) is 0 Å². The molecule has 4 fully saturated rings. The van der Waals surface area contributed by atoms with E-state index < -0.39 is 16.5 Å². The smallest absolute Gasteiger partial charge is 0.335 e. The highest BCUT2D eigenvalue weighted by atomic mass is 16.6. The van der Waals surface area contributed by atoms with Crippen LogP contribution in [-0.2, 0) is 0 Å². The fourth-order valence-corrected chi connectivity index (χ4v) is 5.88. The topological polar surface area (TPSA) is 89.7 Å². The Labute approximate surface area is 146 Å². The molecule has 4 aliphatic rings. The molecule has 0 atom stereocenters. The molecule has 0 radical (unpaired) electrons. The summed E-state index contributed by atoms with van der Waals surface area (Å²) in [5.74, 6) is 1.38. The Morgan fingerprint density at radius 2 is 1.84 bits per heavy atom. The average Bonchev–Trinajstić information content (AvgIpc) is 2.57. The van der Waals surface area contributed by atoms with Crippen molar-refractivity contribution in [3.05, 3.63) is 33.9 Å². The second-order valence-corrected chi connectivity index (χ2v) is 7.96. The van der Waals surface area contributed by atoms with Crippen molar-refractivity contribution in [1.29, 1.82) is 0 Å². The zero-order valence-electron chi connectivity index (χ0n) is 14.3. The second kappa shape index (κ2) is 5.71. The highest BCUT2D eigenvalue weighted by Gasteiger charge is 2.58. The zero-order valence-corrected chi connectivity index (χ0v) is 14.3. The Hall–Kier alpha value is -2.11. The maximum Gasteiger partial charge on any atom is 0.335 e. The quantitative estimate of drug-likeness (QED) is 0.635. The summed E-state index contributed by atoms with van der Waals surface area (Å²) in [5, 5.41) is 20.7. The first-order chi connectivity index (χ1) is 11.9. The molecule has 0 spiro atoms. The number of carboxylic acid groups (broad SMARTS) is 1. The largest absolute Gasteiger partial charge is 0.480 e. The lowest BCUT2D eigenvalue weighted by atomic mass is 9.49. The molecule has 0 unspecified atom stereocenters. The summed E-state index contributed by atoms with van der Waals surface area (Å²) in [5.41, 5.74) is -0.516. The van der Waals surface area contributed by atoms with Crippen molar-refractivity contribution in [1.82, 2.24) is 0 Å². The third-order valence-electron chi connectivity index (χ3n) is 6.78. The Morgan fingerprint density at radius 1 is 1.24 bits per heavy atom. The second-order valence-electron chi connectivity index (χ2n) is 7.96. The van der Waals surface area contributed by atoms with Gasteiger partial charge < -0.3 is 9.84 Å². The predicted octanol–water partition coefficient (Wildman–Crippen LogP) is 4.28. The van der Waals surface area contributed by atoms with Crippen molar-refractivity contribution in [3.8, 4) is 5.75 Å². The summed E-state index contributed by atoms with van der Waals surface area (Å²) in [6.45, 7) is 2.09. The minimum atomic E-state index is -1.10. The molecule has 0 saturated heterocycles. The molecule has 1 aromatic rings. The van der Waals surface area contributed by atoms with Gasteiger partial charge in [-0.25, -0.2) is 4.79 Å². The third-order valence-corrected chi connectivity index (χ3v) is 6.78. The van der Waals surface area contributed by atoms with E-state index in [1.54, 1.807) is 0 Å². The van der Waals surface area contributed by atoms with E-state index in [1.807, 2.05) is 0 Å². The summed E-state index contributed by atoms with van der Waals surface area (Å²) >= 11 is 0. The first-order valence-corrected chi connectivity index (χ1v) is 9.13. The fourth-order valence-electron chi connectivity index (χ4n) is 5.88. The van der Waals surface area contributed by atoms with Crippen LogP contribution in [0.5, 0.6) is 5.75 Å². The van der Waals surface area contributed by atoms with E-state index in [2.05, 4.69) is 6.92 Å². The monoisotopic (exact) mass is 345 g/mol. The van der Waals surface area contributed by atoms with Gasteiger partial charge in [0.1, 0.15) is 5.60 Å². The number of aromatic carboxylic acids is 1. The van der Waals surface area contributed by atoms with Crippen molar-refractivity contribution >= 4 is 11.7 Å². The molecule has 5 rings (SSSR count). The molecule has 0 aromatic heterocycles. The standard InChI is InChI=1S/C19H23NO5/c1-2-19(14-6-11-5-12(8-14)9-15(19)7-11)25-17-10-13(18(21)22)3-4-16(17)20(23)24/h3-4,10-12,14-15H,2,5-9H2,1H3,(H,21,22). The summed E-state index contributed by atoms with van der Waals surface area (Å²) in [6, 6.07) is 3.84. The first-order valence-electron chi connectivity index (χ1n) is 9.13. The molecule has 1 aromatic carbocycles. The lowest BCUT2D eigenvalue weighted by Gasteiger charge is -2.60. The van der Waals surface area contributed by atoms with Gasteiger partial charge in [0.05, 0.1) is 10.5 Å². The van der Waals surface area contributed by atoms with Gasteiger partial charge in [0.15, 0.2) is 5.75 Å². The number of benzene rings is 1. The van der Waals surface area contributed by atoms with Crippen LogP contribution in [0.3, 0.4) is 0 Å². The lowest BCUT2D eigenvalue weighted by Crippen LogP contribution is -2.60. The van der Waals surface area contributed by atoms with E-state index in [-0.39, 0.29) is 17.0 Å². The van der Waals surface area contributed by atoms with Crippen molar-refractivity contribution in [3.63, 3.8) is 0 Å². The number of hydrogen-bond acceptors (Lipinski definition) is 4. The summed E-state index contributed by atoms with van der Waals surface area (Å²) in [6.07, 6.45) is 6.65. The Kier molecular flexibility index (Phi) is 3.74. The van der Waals surface area contributed by atoms with E-state index in [9.17, 15) is 20.0 Å². The lowest BCUT2D eigenvalue weighted by molar-refractivity contribution is -0.386. The first kappa shape index (κ1) is 16.4. The van der Waals surface area contributed by atoms with Gasteiger partial charge in [0.25, 0.3) is 0 Å². The van der Waals surface area contributed by atoms with Gasteiger partial charge >= 0.3 is 11.7 Å². The fraction of sp³-hybridized carbons (Fsp3) is 0.632. The number of ether oxygens (including phenoxy) is 1. The van der Waals surface area contributed by atoms with Crippen LogP contribution in [0, 0.1) is 33.8 Å². The average molecular weight is 345 g/mol. The van der Waals surface area contributed by atoms with Crippen LogP contribution >= 0.6 is 0 Å². The van der Waals surface area contributed by atoms with Gasteiger partial charge in [-0.1, -0.05) is 6.92 Å². The molecule has 4 aliphatic carbocycles.